The molecule has 2 amide bonds. The van der Waals surface area contributed by atoms with Gasteiger partial charge in [0, 0.05) is 30.3 Å². The maximum atomic E-state index is 13.5. The Morgan fingerprint density at radius 1 is 1.10 bits per heavy atom. The van der Waals surface area contributed by atoms with Crippen molar-refractivity contribution >= 4 is 11.8 Å². The predicted molar refractivity (Wildman–Crippen MR) is 152 cm³/mol. The van der Waals surface area contributed by atoms with Crippen LogP contribution in [0.25, 0.3) is 0 Å². The third-order valence-corrected chi connectivity index (χ3v) is 7.33. The van der Waals surface area contributed by atoms with Crippen molar-refractivity contribution < 1.29 is 39.1 Å². The van der Waals surface area contributed by atoms with Gasteiger partial charge in [0.25, 0.3) is 0 Å². The number of rotatable bonds is 11. The van der Waals surface area contributed by atoms with Gasteiger partial charge in [0.2, 0.25) is 11.8 Å². The Morgan fingerprint density at radius 2 is 1.88 bits per heavy atom. The third kappa shape index (κ3) is 6.40. The summed E-state index contributed by atoms with van der Waals surface area (Å²) in [7, 11) is 3.06. The van der Waals surface area contributed by atoms with Crippen LogP contribution in [0.4, 0.5) is 0 Å². The topological polar surface area (TPSA) is 138 Å². The van der Waals surface area contributed by atoms with E-state index in [2.05, 4.69) is 5.32 Å². The Hall–Kier alpha value is -3.86. The molecule has 0 fully saturated rings. The van der Waals surface area contributed by atoms with Gasteiger partial charge in [0.15, 0.2) is 11.5 Å². The molecular formula is C31H38N2O8. The molecule has 0 radical (unpaired) electrons. The van der Waals surface area contributed by atoms with E-state index in [1.54, 1.807) is 30.2 Å². The molecule has 10 nitrogen and oxygen atoms in total. The standard InChI is InChI=1S/C31H38N2O8/c1-18(2)12-26(36)33(10-8-19-6-5-7-21(13-19)39-3)24-16-23(31(38)32-9-11-34)27-22-14-20(17-35)15-25(40-4)29(22)41-30(27)28(24)37/h5-7,12-16,24,27-28,30,34-35,37H,8-11,17H2,1-4H3,(H,32,38)/t24-,27+,28+,30+/m1/s1. The number of hydrogen-bond acceptors (Lipinski definition) is 8. The second-order valence-electron chi connectivity index (χ2n) is 10.4. The first-order chi connectivity index (χ1) is 19.7. The molecule has 2 aromatic rings. The van der Waals surface area contributed by atoms with Crippen LogP contribution in [0.15, 0.2) is 59.7 Å². The van der Waals surface area contributed by atoms with Crippen LogP contribution in [-0.2, 0) is 22.6 Å². The molecule has 41 heavy (non-hydrogen) atoms. The maximum Gasteiger partial charge on any atom is 0.247 e. The summed E-state index contributed by atoms with van der Waals surface area (Å²) in [5.41, 5.74) is 3.19. The second kappa shape index (κ2) is 13.2. The fourth-order valence-electron chi connectivity index (χ4n) is 5.43. The molecule has 4 N–H and O–H groups in total. The lowest BCUT2D eigenvalue weighted by atomic mass is 9.77. The quantitative estimate of drug-likeness (QED) is 0.303. The van der Waals surface area contributed by atoms with Crippen LogP contribution < -0.4 is 19.5 Å². The Balaban J connectivity index is 1.78. The number of methoxy groups -OCH3 is 2. The molecule has 0 spiro atoms. The fraction of sp³-hybridized carbons (Fsp3) is 0.419. The van der Waals surface area contributed by atoms with Gasteiger partial charge in [-0.15, -0.1) is 0 Å². The number of carbonyl (C=O) groups excluding carboxylic acids is 2. The maximum absolute atomic E-state index is 13.5. The Labute approximate surface area is 239 Å². The highest BCUT2D eigenvalue weighted by atomic mass is 16.5. The summed E-state index contributed by atoms with van der Waals surface area (Å²) in [5.74, 6) is 0.000120. The summed E-state index contributed by atoms with van der Waals surface area (Å²) in [5, 5.41) is 33.6. The van der Waals surface area contributed by atoms with Gasteiger partial charge in [-0.1, -0.05) is 17.7 Å². The summed E-state index contributed by atoms with van der Waals surface area (Å²) >= 11 is 0. The number of allylic oxidation sites excluding steroid dienone is 1. The zero-order chi connectivity index (χ0) is 29.7. The predicted octanol–water partition coefficient (Wildman–Crippen LogP) is 1.86. The summed E-state index contributed by atoms with van der Waals surface area (Å²) < 4.78 is 17.1. The molecule has 0 saturated heterocycles. The van der Waals surface area contributed by atoms with E-state index in [1.807, 2.05) is 38.1 Å². The average Bonchev–Trinajstić information content (AvgIpc) is 3.36. The third-order valence-electron chi connectivity index (χ3n) is 7.33. The Morgan fingerprint density at radius 3 is 2.54 bits per heavy atom. The smallest absolute Gasteiger partial charge is 0.247 e. The van der Waals surface area contributed by atoms with E-state index in [0.717, 1.165) is 11.1 Å². The number of benzene rings is 2. The number of amides is 2. The molecule has 1 aliphatic carbocycles. The number of hydrogen-bond donors (Lipinski definition) is 4. The minimum absolute atomic E-state index is 0.0325. The highest BCUT2D eigenvalue weighted by Gasteiger charge is 2.51. The van der Waals surface area contributed by atoms with Crippen LogP contribution in [0.2, 0.25) is 0 Å². The van der Waals surface area contributed by atoms with Gasteiger partial charge < -0.3 is 39.7 Å². The SMILES string of the molecule is COc1cccc(CCN(C(=O)C=C(C)C)[C@@H]2C=C(C(=O)NCCO)[C@@H]3c4cc(CO)cc(OC)c4O[C@@H]3[C@H]2O)c1. The molecule has 1 aliphatic heterocycles. The van der Waals surface area contributed by atoms with E-state index >= 15 is 0 Å². The molecule has 220 valence electrons. The van der Waals surface area contributed by atoms with Crippen LogP contribution in [0, 0.1) is 0 Å². The molecule has 4 rings (SSSR count). The lowest BCUT2D eigenvalue weighted by Crippen LogP contribution is -2.56. The largest absolute Gasteiger partial charge is 0.497 e. The van der Waals surface area contributed by atoms with Crippen LogP contribution in [0.1, 0.15) is 36.5 Å². The summed E-state index contributed by atoms with van der Waals surface area (Å²) in [6.45, 7) is 3.41. The molecule has 0 bridgehead atoms. The van der Waals surface area contributed by atoms with Crippen molar-refractivity contribution in [3.8, 4) is 17.2 Å². The van der Waals surface area contributed by atoms with Gasteiger partial charge in [0.1, 0.15) is 18.0 Å². The van der Waals surface area contributed by atoms with Crippen molar-refractivity contribution in [2.24, 2.45) is 0 Å². The summed E-state index contributed by atoms with van der Waals surface area (Å²) in [4.78, 5) is 28.6. The van der Waals surface area contributed by atoms with Gasteiger partial charge in [-0.05, 0) is 61.7 Å². The van der Waals surface area contributed by atoms with Crippen LogP contribution in [-0.4, -0.2) is 84.2 Å². The number of aliphatic hydroxyl groups excluding tert-OH is 3. The minimum atomic E-state index is -1.19. The second-order valence-corrected chi connectivity index (χ2v) is 10.4. The Bertz CT molecular complexity index is 1330. The molecule has 1 heterocycles. The molecule has 2 aromatic carbocycles. The van der Waals surface area contributed by atoms with E-state index in [1.165, 1.54) is 13.2 Å². The van der Waals surface area contributed by atoms with E-state index < -0.39 is 30.1 Å². The molecule has 0 unspecified atom stereocenters. The highest BCUT2D eigenvalue weighted by molar-refractivity contribution is 5.96. The number of nitrogens with one attached hydrogen (secondary N) is 1. The highest BCUT2D eigenvalue weighted by Crippen LogP contribution is 2.51. The van der Waals surface area contributed by atoms with Crippen molar-refractivity contribution in [2.75, 3.05) is 33.9 Å². The minimum Gasteiger partial charge on any atom is -0.497 e. The van der Waals surface area contributed by atoms with Crippen molar-refractivity contribution in [3.05, 3.63) is 76.4 Å². The van der Waals surface area contributed by atoms with E-state index in [-0.39, 0.29) is 32.2 Å². The molecule has 10 heteroatoms. The van der Waals surface area contributed by atoms with Crippen molar-refractivity contribution in [3.63, 3.8) is 0 Å². The lowest BCUT2D eigenvalue weighted by Gasteiger charge is -2.40. The van der Waals surface area contributed by atoms with Crippen LogP contribution in [0.3, 0.4) is 0 Å². The molecule has 0 saturated carbocycles. The Kier molecular flexibility index (Phi) is 9.69. The molecule has 4 atom stereocenters. The van der Waals surface area contributed by atoms with Gasteiger partial charge in [-0.3, -0.25) is 9.59 Å². The lowest BCUT2D eigenvalue weighted by molar-refractivity contribution is -0.132. The van der Waals surface area contributed by atoms with Crippen molar-refractivity contribution in [1.29, 1.82) is 0 Å². The summed E-state index contributed by atoms with van der Waals surface area (Å²) in [6.07, 6.45) is 1.51. The number of carbonyl (C=O) groups is 2. The number of ether oxygens (including phenoxy) is 3. The van der Waals surface area contributed by atoms with Gasteiger partial charge in [-0.25, -0.2) is 0 Å². The van der Waals surface area contributed by atoms with Gasteiger partial charge in [-0.2, -0.15) is 0 Å². The zero-order valence-electron chi connectivity index (χ0n) is 23.8. The van der Waals surface area contributed by atoms with Crippen molar-refractivity contribution in [2.45, 2.75) is 51.0 Å². The summed E-state index contributed by atoms with van der Waals surface area (Å²) in [6, 6.07) is 10.0. The zero-order valence-corrected chi connectivity index (χ0v) is 23.8. The first-order valence-corrected chi connectivity index (χ1v) is 13.6. The normalized spacial score (nSPS) is 20.6. The molecule has 2 aliphatic rings. The first-order valence-electron chi connectivity index (χ1n) is 13.6. The van der Waals surface area contributed by atoms with Crippen molar-refractivity contribution in [1.82, 2.24) is 10.2 Å². The van der Waals surface area contributed by atoms with Crippen LogP contribution in [0.5, 0.6) is 17.2 Å². The number of aliphatic hydroxyl groups is 3. The molecule has 0 aromatic heterocycles. The van der Waals surface area contributed by atoms with Gasteiger partial charge in [0.05, 0.1) is 39.4 Å². The number of nitrogens with zero attached hydrogens (tertiary/aromatic N) is 1. The van der Waals surface area contributed by atoms with E-state index in [0.29, 0.717) is 40.4 Å². The monoisotopic (exact) mass is 566 g/mol. The average molecular weight is 567 g/mol. The fourth-order valence-corrected chi connectivity index (χ4v) is 5.43. The van der Waals surface area contributed by atoms with E-state index in [4.69, 9.17) is 14.2 Å². The van der Waals surface area contributed by atoms with Crippen LogP contribution >= 0.6 is 0 Å². The molecular weight excluding hydrogens is 528 g/mol. The van der Waals surface area contributed by atoms with E-state index in [9.17, 15) is 24.9 Å². The number of fused-ring (bicyclic) bond motifs is 3. The first kappa shape index (κ1) is 30.1. The van der Waals surface area contributed by atoms with Gasteiger partial charge >= 0.3 is 0 Å².